The maximum Gasteiger partial charge on any atom is 0.276 e. The van der Waals surface area contributed by atoms with Gasteiger partial charge in [-0.3, -0.25) is 0 Å². The summed E-state index contributed by atoms with van der Waals surface area (Å²) in [6, 6.07) is 15.1. The second-order valence-corrected chi connectivity index (χ2v) is 6.99. The van der Waals surface area contributed by atoms with Gasteiger partial charge in [0.2, 0.25) is 5.89 Å². The maximum absolute atomic E-state index is 5.84. The van der Waals surface area contributed by atoms with E-state index < -0.39 is 0 Å². The summed E-state index contributed by atoms with van der Waals surface area (Å²) in [5.41, 5.74) is 0.973. The lowest BCUT2D eigenvalue weighted by molar-refractivity contribution is 0.334. The molecule has 0 N–H and O–H groups in total. The van der Waals surface area contributed by atoms with E-state index in [-0.39, 0.29) is 0 Å². The van der Waals surface area contributed by atoms with Crippen LogP contribution in [-0.4, -0.2) is 40.5 Å². The molecule has 0 aliphatic carbocycles. The summed E-state index contributed by atoms with van der Waals surface area (Å²) in [6.45, 7) is 1.19. The minimum atomic E-state index is 0.595. The molecule has 4 nitrogen and oxygen atoms in total. The molecule has 4 rings (SSSR count). The second kappa shape index (κ2) is 6.34. The number of benzene rings is 2. The summed E-state index contributed by atoms with van der Waals surface area (Å²) < 4.78 is 5.84. The number of rotatable bonds is 4. The second-order valence-electron chi connectivity index (χ2n) is 6.02. The Morgan fingerprint density at radius 1 is 1.17 bits per heavy atom. The summed E-state index contributed by atoms with van der Waals surface area (Å²) in [7, 11) is 2.19. The van der Waals surface area contributed by atoms with Crippen molar-refractivity contribution in [1.82, 2.24) is 15.1 Å². The van der Waals surface area contributed by atoms with Gasteiger partial charge < -0.3 is 9.32 Å². The van der Waals surface area contributed by atoms with E-state index in [9.17, 15) is 0 Å². The van der Waals surface area contributed by atoms with Gasteiger partial charge in [-0.2, -0.15) is 0 Å². The van der Waals surface area contributed by atoms with E-state index in [1.165, 1.54) is 30.2 Å². The monoisotopic (exact) mass is 325 g/mol. The molecule has 118 valence electrons. The summed E-state index contributed by atoms with van der Waals surface area (Å²) in [4.78, 5) is 2.41. The summed E-state index contributed by atoms with van der Waals surface area (Å²) in [5, 5.41) is 11.5. The predicted octanol–water partition coefficient (Wildman–Crippen LogP) is 4.08. The van der Waals surface area contributed by atoms with Gasteiger partial charge in [0.1, 0.15) is 0 Å². The van der Waals surface area contributed by atoms with Crippen LogP contribution in [0.2, 0.25) is 0 Å². The number of hydrogen-bond donors (Lipinski definition) is 0. The Morgan fingerprint density at radius 2 is 2.04 bits per heavy atom. The first kappa shape index (κ1) is 14.7. The summed E-state index contributed by atoms with van der Waals surface area (Å²) in [6.07, 6.45) is 2.54. The molecule has 1 aromatic heterocycles. The summed E-state index contributed by atoms with van der Waals surface area (Å²) in [5.74, 6) is 1.61. The first-order valence-electron chi connectivity index (χ1n) is 7.95. The third kappa shape index (κ3) is 3.12. The van der Waals surface area contributed by atoms with Crippen molar-refractivity contribution < 1.29 is 4.42 Å². The average molecular weight is 325 g/mol. The van der Waals surface area contributed by atoms with E-state index in [0.717, 1.165) is 11.3 Å². The van der Waals surface area contributed by atoms with Crippen LogP contribution in [0.15, 0.2) is 52.1 Å². The van der Waals surface area contributed by atoms with Crippen LogP contribution in [-0.2, 0) is 0 Å². The van der Waals surface area contributed by atoms with Crippen LogP contribution in [0.3, 0.4) is 0 Å². The van der Waals surface area contributed by atoms with Crippen LogP contribution < -0.4 is 0 Å². The van der Waals surface area contributed by atoms with Gasteiger partial charge in [0.15, 0.2) is 0 Å². The molecule has 1 saturated heterocycles. The van der Waals surface area contributed by atoms with Gasteiger partial charge in [0.05, 0.1) is 0 Å². The molecule has 0 saturated carbocycles. The number of aromatic nitrogens is 2. The largest absolute Gasteiger partial charge is 0.411 e. The van der Waals surface area contributed by atoms with Gasteiger partial charge in [-0.1, -0.05) is 42.1 Å². The number of thioether (sulfide) groups is 1. The van der Waals surface area contributed by atoms with Crippen LogP contribution in [0.1, 0.15) is 12.8 Å². The zero-order chi connectivity index (χ0) is 15.6. The van der Waals surface area contributed by atoms with E-state index >= 15 is 0 Å². The van der Waals surface area contributed by atoms with E-state index in [0.29, 0.717) is 17.2 Å². The molecule has 0 radical (unpaired) electrons. The number of hydrogen-bond acceptors (Lipinski definition) is 5. The number of likely N-dealkylation sites (tertiary alicyclic amines) is 1. The van der Waals surface area contributed by atoms with Gasteiger partial charge in [0.25, 0.3) is 5.22 Å². The zero-order valence-electron chi connectivity index (χ0n) is 13.1. The molecule has 0 bridgehead atoms. The molecule has 3 aromatic rings. The minimum Gasteiger partial charge on any atom is -0.411 e. The molecular weight excluding hydrogens is 306 g/mol. The fourth-order valence-electron chi connectivity index (χ4n) is 3.06. The maximum atomic E-state index is 5.84. The lowest BCUT2D eigenvalue weighted by Gasteiger charge is -2.17. The third-order valence-electron chi connectivity index (χ3n) is 4.47. The summed E-state index contributed by atoms with van der Waals surface area (Å²) >= 11 is 1.66. The molecule has 0 spiro atoms. The molecule has 1 atom stereocenters. The predicted molar refractivity (Wildman–Crippen MR) is 93.6 cm³/mol. The molecular formula is C18H19N3OS. The van der Waals surface area contributed by atoms with Crippen molar-refractivity contribution in [1.29, 1.82) is 0 Å². The highest BCUT2D eigenvalue weighted by Crippen LogP contribution is 2.28. The smallest absolute Gasteiger partial charge is 0.276 e. The fraction of sp³-hybridized carbons (Fsp3) is 0.333. The number of fused-ring (bicyclic) bond motifs is 1. The topological polar surface area (TPSA) is 42.2 Å². The molecule has 5 heteroatoms. The standard InChI is InChI=1S/C18H19N3OS/c1-21-10-4-7-16(21)12-23-18-20-19-17(22-18)15-9-8-13-5-2-3-6-14(13)11-15/h2-3,5-6,8-9,11,16H,4,7,10,12H2,1H3. The van der Waals surface area contributed by atoms with Crippen molar-refractivity contribution in [3.05, 3.63) is 42.5 Å². The van der Waals surface area contributed by atoms with Crippen LogP contribution in [0, 0.1) is 0 Å². The van der Waals surface area contributed by atoms with Crippen LogP contribution in [0.25, 0.3) is 22.2 Å². The first-order chi connectivity index (χ1) is 11.3. The first-order valence-corrected chi connectivity index (χ1v) is 8.94. The van der Waals surface area contributed by atoms with Gasteiger partial charge >= 0.3 is 0 Å². The Bertz CT molecular complexity index is 817. The highest BCUT2D eigenvalue weighted by atomic mass is 32.2. The van der Waals surface area contributed by atoms with Crippen molar-refractivity contribution in [3.8, 4) is 11.5 Å². The average Bonchev–Trinajstić information content (AvgIpc) is 3.21. The Balaban J connectivity index is 1.50. The molecule has 2 aromatic carbocycles. The minimum absolute atomic E-state index is 0.595. The van der Waals surface area contributed by atoms with Crippen molar-refractivity contribution in [3.63, 3.8) is 0 Å². The van der Waals surface area contributed by atoms with Crippen LogP contribution >= 0.6 is 11.8 Å². The Hall–Kier alpha value is -1.85. The van der Waals surface area contributed by atoms with Gasteiger partial charge in [0, 0.05) is 17.4 Å². The normalized spacial score (nSPS) is 18.7. The molecule has 1 aliphatic rings. The molecule has 2 heterocycles. The Labute approximate surface area is 139 Å². The number of nitrogens with zero attached hydrogens (tertiary/aromatic N) is 3. The van der Waals surface area contributed by atoms with Crippen molar-refractivity contribution in [2.45, 2.75) is 24.1 Å². The fourth-order valence-corrected chi connectivity index (χ4v) is 4.06. The van der Waals surface area contributed by atoms with Crippen molar-refractivity contribution >= 4 is 22.5 Å². The highest BCUT2D eigenvalue weighted by Gasteiger charge is 2.22. The molecule has 1 fully saturated rings. The quantitative estimate of drug-likeness (QED) is 0.676. The van der Waals surface area contributed by atoms with E-state index in [4.69, 9.17) is 4.42 Å². The Kier molecular flexibility index (Phi) is 4.06. The SMILES string of the molecule is CN1CCCC1CSc1nnc(-c2ccc3ccccc3c2)o1. The third-order valence-corrected chi connectivity index (χ3v) is 5.44. The lowest BCUT2D eigenvalue weighted by atomic mass is 10.1. The van der Waals surface area contributed by atoms with E-state index in [1.807, 2.05) is 18.2 Å². The Morgan fingerprint density at radius 3 is 2.87 bits per heavy atom. The van der Waals surface area contributed by atoms with E-state index in [1.54, 1.807) is 11.8 Å². The lowest BCUT2D eigenvalue weighted by Crippen LogP contribution is -2.26. The van der Waals surface area contributed by atoms with E-state index in [2.05, 4.69) is 46.4 Å². The molecule has 1 unspecified atom stereocenters. The van der Waals surface area contributed by atoms with Gasteiger partial charge in [-0.05, 0) is 49.3 Å². The van der Waals surface area contributed by atoms with Crippen molar-refractivity contribution in [2.75, 3.05) is 19.3 Å². The molecule has 0 amide bonds. The zero-order valence-corrected chi connectivity index (χ0v) is 13.9. The highest BCUT2D eigenvalue weighted by molar-refractivity contribution is 7.99. The van der Waals surface area contributed by atoms with Crippen molar-refractivity contribution in [2.24, 2.45) is 0 Å². The van der Waals surface area contributed by atoms with Crippen LogP contribution in [0.4, 0.5) is 0 Å². The van der Waals surface area contributed by atoms with Gasteiger partial charge in [-0.25, -0.2) is 0 Å². The van der Waals surface area contributed by atoms with Gasteiger partial charge in [-0.15, -0.1) is 10.2 Å². The molecule has 1 aliphatic heterocycles. The molecule has 23 heavy (non-hydrogen) atoms. The van der Waals surface area contributed by atoms with Crippen LogP contribution in [0.5, 0.6) is 0 Å².